The monoisotopic (exact) mass is 615 g/mol. The molecule has 0 spiro atoms. The van der Waals surface area contributed by atoms with Crippen molar-refractivity contribution in [2.24, 2.45) is 0 Å². The Morgan fingerprint density at radius 2 is 1.75 bits per heavy atom. The summed E-state index contributed by atoms with van der Waals surface area (Å²) in [7, 11) is -1.13. The zero-order chi connectivity index (χ0) is 30.6. The molecule has 2 aliphatic rings. The van der Waals surface area contributed by atoms with Gasteiger partial charge in [-0.15, -0.1) is 6.58 Å². The molecule has 4 aromatic heterocycles. The number of aromatic nitrogens is 7. The second-order valence-electron chi connectivity index (χ2n) is 11.3. The zero-order valence-corrected chi connectivity index (χ0v) is 25.4. The zero-order valence-electron chi connectivity index (χ0n) is 24.5. The Morgan fingerprint density at radius 1 is 1.00 bits per heavy atom. The smallest absolute Gasteiger partial charge is 0.278 e. The van der Waals surface area contributed by atoms with Gasteiger partial charge in [0.05, 0.1) is 25.0 Å². The summed E-state index contributed by atoms with van der Waals surface area (Å²) in [5, 5.41) is 8.92. The van der Waals surface area contributed by atoms with Crippen molar-refractivity contribution < 1.29 is 8.42 Å². The highest BCUT2D eigenvalue weighted by Gasteiger charge is 2.36. The van der Waals surface area contributed by atoms with Gasteiger partial charge >= 0.3 is 0 Å². The largest absolute Gasteiger partial charge is 0.369 e. The maximum absolute atomic E-state index is 13.4. The first kappa shape index (κ1) is 28.2. The fraction of sp³-hybridized carbons (Fsp3) is 0.345. The molecule has 7 rings (SSSR count). The first-order valence-electron chi connectivity index (χ1n) is 14.4. The van der Waals surface area contributed by atoms with Gasteiger partial charge in [-0.3, -0.25) is 4.79 Å². The summed E-state index contributed by atoms with van der Waals surface area (Å²) in [6.07, 6.45) is 6.07. The van der Waals surface area contributed by atoms with E-state index in [1.807, 2.05) is 24.3 Å². The van der Waals surface area contributed by atoms with Crippen LogP contribution in [0.4, 0.5) is 17.3 Å². The predicted molar refractivity (Wildman–Crippen MR) is 169 cm³/mol. The highest BCUT2D eigenvalue weighted by molar-refractivity contribution is 7.88. The molecular formula is C29H33N11O3S. The molecule has 5 aromatic rings. The topological polar surface area (TPSA) is 139 Å². The lowest BCUT2D eigenvalue weighted by molar-refractivity contribution is 0.196. The van der Waals surface area contributed by atoms with Gasteiger partial charge in [0.1, 0.15) is 5.39 Å². The molecule has 6 heterocycles. The Morgan fingerprint density at radius 3 is 2.45 bits per heavy atom. The van der Waals surface area contributed by atoms with Crippen LogP contribution >= 0.6 is 0 Å². The van der Waals surface area contributed by atoms with Crippen LogP contribution in [-0.2, 0) is 16.6 Å². The average molecular weight is 616 g/mol. The molecule has 0 bridgehead atoms. The summed E-state index contributed by atoms with van der Waals surface area (Å²) in [6, 6.07) is 11.7. The standard InChI is InChI=1S/C29H33N11O3S/c1-4-11-38-28(41)24-17-30-29(32-21-6-8-22(9-7-21)36-14-12-35(2)13-15-36)34-27(24)40(38)25-10-5-20-16-31-39(26(20)33-25)23-18-37(19-23)44(3,42)43/h4-10,16-17,23H,1,11-15,18-19H2,2-3H3,(H,30,32,34). The third-order valence-electron chi connectivity index (χ3n) is 8.26. The van der Waals surface area contributed by atoms with Gasteiger partial charge in [0.25, 0.3) is 5.56 Å². The van der Waals surface area contributed by atoms with E-state index < -0.39 is 10.0 Å². The van der Waals surface area contributed by atoms with E-state index in [9.17, 15) is 13.2 Å². The van der Waals surface area contributed by atoms with Crippen molar-refractivity contribution in [1.82, 2.24) is 43.3 Å². The number of fused-ring (bicyclic) bond motifs is 2. The summed E-state index contributed by atoms with van der Waals surface area (Å²) in [5.41, 5.74) is 2.72. The van der Waals surface area contributed by atoms with Crippen LogP contribution in [0.1, 0.15) is 6.04 Å². The minimum atomic E-state index is -3.27. The van der Waals surface area contributed by atoms with Gasteiger partial charge in [0.2, 0.25) is 16.0 Å². The van der Waals surface area contributed by atoms with E-state index in [2.05, 4.69) is 51.0 Å². The Hall–Kier alpha value is -4.60. The van der Waals surface area contributed by atoms with Crippen molar-refractivity contribution in [3.63, 3.8) is 0 Å². The number of allylic oxidation sites excluding steroid dienone is 1. The summed E-state index contributed by atoms with van der Waals surface area (Å²) in [6.45, 7) is 8.76. The number of benzene rings is 1. The molecule has 44 heavy (non-hydrogen) atoms. The van der Waals surface area contributed by atoms with Gasteiger partial charge in [-0.1, -0.05) is 6.08 Å². The minimum Gasteiger partial charge on any atom is -0.369 e. The van der Waals surface area contributed by atoms with E-state index in [0.29, 0.717) is 41.5 Å². The highest BCUT2D eigenvalue weighted by atomic mass is 32.2. The predicted octanol–water partition coefficient (Wildman–Crippen LogP) is 1.82. The molecule has 14 nitrogen and oxygen atoms in total. The van der Waals surface area contributed by atoms with Crippen LogP contribution in [0, 0.1) is 0 Å². The maximum Gasteiger partial charge on any atom is 0.278 e. The maximum atomic E-state index is 13.4. The van der Waals surface area contributed by atoms with Crippen LogP contribution in [0.15, 0.2) is 66.2 Å². The number of piperazine rings is 1. The van der Waals surface area contributed by atoms with Crippen LogP contribution in [0.5, 0.6) is 0 Å². The minimum absolute atomic E-state index is 0.137. The van der Waals surface area contributed by atoms with Crippen molar-refractivity contribution in [2.45, 2.75) is 12.6 Å². The number of nitrogens with one attached hydrogen (secondary N) is 1. The van der Waals surface area contributed by atoms with Crippen LogP contribution < -0.4 is 15.8 Å². The van der Waals surface area contributed by atoms with Crippen molar-refractivity contribution in [3.05, 3.63) is 71.8 Å². The Bertz CT molecular complexity index is 2030. The Balaban J connectivity index is 1.22. The van der Waals surface area contributed by atoms with E-state index in [4.69, 9.17) is 9.97 Å². The average Bonchev–Trinajstić information content (AvgIpc) is 3.50. The van der Waals surface area contributed by atoms with Gasteiger partial charge in [-0.2, -0.15) is 14.4 Å². The number of rotatable bonds is 8. The molecule has 0 atom stereocenters. The molecule has 0 aliphatic carbocycles. The first-order valence-corrected chi connectivity index (χ1v) is 16.2. The number of sulfonamides is 1. The SMILES string of the molecule is C=CCn1c(=O)c2cnc(Nc3ccc(N4CCN(C)CC4)cc3)nc2n1-c1ccc2cnn(C3CN(S(C)(=O)=O)C3)c2n1. The molecule has 2 saturated heterocycles. The third-order valence-corrected chi connectivity index (χ3v) is 9.50. The van der Waals surface area contributed by atoms with Crippen LogP contribution in [0.3, 0.4) is 0 Å². The fourth-order valence-corrected chi connectivity index (χ4v) is 6.58. The molecule has 0 unspecified atom stereocenters. The van der Waals surface area contributed by atoms with E-state index in [0.717, 1.165) is 37.3 Å². The second kappa shape index (κ2) is 10.8. The number of pyridine rings is 1. The normalized spacial score (nSPS) is 16.9. The van der Waals surface area contributed by atoms with Gasteiger partial charge in [-0.05, 0) is 43.4 Å². The number of nitrogens with zero attached hydrogens (tertiary/aromatic N) is 10. The van der Waals surface area contributed by atoms with Gasteiger partial charge in [0, 0.05) is 62.2 Å². The molecule has 2 aliphatic heterocycles. The van der Waals surface area contributed by atoms with Crippen molar-refractivity contribution in [3.8, 4) is 5.82 Å². The van der Waals surface area contributed by atoms with Gasteiger partial charge < -0.3 is 15.1 Å². The van der Waals surface area contributed by atoms with Crippen molar-refractivity contribution in [1.29, 1.82) is 0 Å². The number of hydrogen-bond donors (Lipinski definition) is 1. The number of anilines is 3. The first-order chi connectivity index (χ1) is 21.2. The number of hydrogen-bond acceptors (Lipinski definition) is 10. The lowest BCUT2D eigenvalue weighted by atomic mass is 10.2. The van der Waals surface area contributed by atoms with E-state index in [1.165, 1.54) is 27.1 Å². The van der Waals surface area contributed by atoms with E-state index in [1.54, 1.807) is 21.6 Å². The van der Waals surface area contributed by atoms with Gasteiger partial charge in [0.15, 0.2) is 17.1 Å². The lowest BCUT2D eigenvalue weighted by Crippen LogP contribution is -2.50. The molecule has 0 radical (unpaired) electrons. The molecule has 15 heteroatoms. The Labute approximate surface area is 253 Å². The van der Waals surface area contributed by atoms with Gasteiger partial charge in [-0.25, -0.2) is 32.4 Å². The molecular weight excluding hydrogens is 582 g/mol. The Kier molecular flexibility index (Phi) is 6.94. The molecule has 228 valence electrons. The molecule has 0 saturated carbocycles. The second-order valence-corrected chi connectivity index (χ2v) is 13.3. The third kappa shape index (κ3) is 5.02. The summed E-state index contributed by atoms with van der Waals surface area (Å²) in [5.74, 6) is 0.810. The fourth-order valence-electron chi connectivity index (χ4n) is 5.70. The highest BCUT2D eigenvalue weighted by Crippen LogP contribution is 2.28. The summed E-state index contributed by atoms with van der Waals surface area (Å²) in [4.78, 5) is 32.2. The quantitative estimate of drug-likeness (QED) is 0.257. The summed E-state index contributed by atoms with van der Waals surface area (Å²) < 4.78 is 30.2. The van der Waals surface area contributed by atoms with E-state index >= 15 is 0 Å². The molecule has 1 aromatic carbocycles. The van der Waals surface area contributed by atoms with Crippen LogP contribution in [0.2, 0.25) is 0 Å². The molecule has 1 N–H and O–H groups in total. The lowest BCUT2D eigenvalue weighted by Gasteiger charge is -2.37. The molecule has 0 amide bonds. The van der Waals surface area contributed by atoms with Crippen molar-refractivity contribution in [2.75, 3.05) is 62.8 Å². The summed E-state index contributed by atoms with van der Waals surface area (Å²) >= 11 is 0. The van der Waals surface area contributed by atoms with Crippen LogP contribution in [-0.4, -0.2) is 104 Å². The van der Waals surface area contributed by atoms with Crippen molar-refractivity contribution >= 4 is 49.4 Å². The molecule has 2 fully saturated rings. The van der Waals surface area contributed by atoms with Crippen LogP contribution in [0.25, 0.3) is 27.9 Å². The number of likely N-dealkylation sites (N-methyl/N-ethyl adjacent to an activating group) is 1. The van der Waals surface area contributed by atoms with E-state index in [-0.39, 0.29) is 18.1 Å².